The number of aliphatic carboxylic acids is 2. The first kappa shape index (κ1) is 46.7. The highest BCUT2D eigenvalue weighted by Gasteiger charge is 2.30. The molecule has 0 amide bonds. The molecule has 0 aromatic heterocycles. The average Bonchev–Trinajstić information content (AvgIpc) is 3.62. The number of nitrogens with zero attached hydrogens (tertiary/aromatic N) is 1. The van der Waals surface area contributed by atoms with E-state index in [1.165, 1.54) is 58.3 Å². The molecule has 59 heavy (non-hydrogen) atoms. The van der Waals surface area contributed by atoms with Crippen LogP contribution in [0.25, 0.3) is 16.8 Å². The van der Waals surface area contributed by atoms with Crippen LogP contribution in [-0.2, 0) is 19.1 Å². The van der Waals surface area contributed by atoms with Gasteiger partial charge < -0.3 is 63.3 Å². The smallest absolute Gasteiger partial charge is 0.351 e. The molecule has 1 heterocycles. The minimum Gasteiger partial charge on any atom is -0.539 e. The Labute approximate surface area is 341 Å². The van der Waals surface area contributed by atoms with Crippen LogP contribution in [0.15, 0.2) is 72.6 Å². The van der Waals surface area contributed by atoms with Gasteiger partial charge in [0.25, 0.3) is 0 Å². The number of carboxylic acids is 2. The van der Waals surface area contributed by atoms with E-state index in [9.17, 15) is 9.59 Å². The number of ether oxygens (including phenoxy) is 8. The summed E-state index contributed by atoms with van der Waals surface area (Å²) in [5.41, 5.74) is 1.76. The Hall–Kier alpha value is -6.72. The fourth-order valence-electron chi connectivity index (χ4n) is 6.38. The van der Waals surface area contributed by atoms with Crippen molar-refractivity contribution in [2.45, 2.75) is 12.8 Å². The number of quaternary nitrogens is 1. The van der Waals surface area contributed by atoms with Gasteiger partial charge in [-0.05, 0) is 47.0 Å². The average molecular weight is 823 g/mol. The SMILES string of the molecule is COc1cc(C(=O)OCCCN2CC[NH+](CCCOC(=O)c3cc(OC)c(OC)c(OC)c3)/C2=C\c2cccc3ccccc23)cc(OC)c1OC.O.O=C([O-])C(=O)O. The highest BCUT2D eigenvalue weighted by atomic mass is 16.5. The van der Waals surface area contributed by atoms with E-state index in [1.807, 2.05) is 12.1 Å². The molecule has 0 radical (unpaired) electrons. The van der Waals surface area contributed by atoms with E-state index >= 15 is 0 Å². The number of rotatable bonds is 17. The summed E-state index contributed by atoms with van der Waals surface area (Å²) in [5, 5.41) is 18.7. The van der Waals surface area contributed by atoms with Crippen molar-refractivity contribution < 1.29 is 77.7 Å². The van der Waals surface area contributed by atoms with Crippen LogP contribution >= 0.6 is 0 Å². The standard InChI is InChI=1S/C40H46N2O10.C2H2O4.H2O/c1-45-32-22-29(23-33(46-2)37(32)49-5)39(43)51-20-10-16-41-18-19-42(36(41)26-28-14-9-13-27-12-7-8-15-31(27)28)17-11-21-52-40(44)30-24-34(47-3)38(50-6)35(25-30)48-4;3-1(4)2(5)6;/h7-9,12-15,22-26H,10-11,16-21H2,1-6H3;(H,3,4)(H,5,6);1H2. The maximum Gasteiger partial charge on any atom is 0.351 e. The molecular formula is C42H50N2O15. The first-order valence-corrected chi connectivity index (χ1v) is 18.2. The summed E-state index contributed by atoms with van der Waals surface area (Å²) in [7, 11) is 9.03. The Morgan fingerprint density at radius 2 is 1.19 bits per heavy atom. The maximum atomic E-state index is 13.0. The quantitative estimate of drug-likeness (QED) is 0.0881. The number of benzene rings is 4. The molecule has 5 rings (SSSR count). The molecule has 4 aromatic rings. The topological polar surface area (TPSA) is 225 Å². The number of nitrogens with one attached hydrogen (secondary N) is 1. The van der Waals surface area contributed by atoms with Gasteiger partial charge in [-0.1, -0.05) is 42.5 Å². The van der Waals surface area contributed by atoms with Gasteiger partial charge in [0.2, 0.25) is 17.3 Å². The molecular weight excluding hydrogens is 772 g/mol. The minimum absolute atomic E-state index is 0. The Kier molecular flexibility index (Phi) is 18.1. The van der Waals surface area contributed by atoms with Gasteiger partial charge >= 0.3 is 17.9 Å². The van der Waals surface area contributed by atoms with E-state index in [1.54, 1.807) is 24.3 Å². The highest BCUT2D eigenvalue weighted by molar-refractivity contribution is 6.26. The van der Waals surface area contributed by atoms with Crippen molar-refractivity contribution in [3.63, 3.8) is 0 Å². The summed E-state index contributed by atoms with van der Waals surface area (Å²) < 4.78 is 43.6. The molecule has 1 aliphatic heterocycles. The highest BCUT2D eigenvalue weighted by Crippen LogP contribution is 2.39. The molecule has 1 unspecified atom stereocenters. The normalized spacial score (nSPS) is 13.6. The molecule has 1 saturated heterocycles. The molecule has 4 N–H and O–H groups in total. The second-order valence-electron chi connectivity index (χ2n) is 12.6. The molecule has 17 heteroatoms. The third-order valence-corrected chi connectivity index (χ3v) is 9.14. The summed E-state index contributed by atoms with van der Waals surface area (Å²) in [5.74, 6) is -1.46. The summed E-state index contributed by atoms with van der Waals surface area (Å²) in [6.45, 7) is 3.64. The van der Waals surface area contributed by atoms with Gasteiger partial charge in [0.05, 0.1) is 80.1 Å². The van der Waals surface area contributed by atoms with Gasteiger partial charge in [-0.2, -0.15) is 0 Å². The number of carboxylic acid groups (broad SMARTS) is 2. The molecule has 4 aromatic carbocycles. The van der Waals surface area contributed by atoms with Crippen LogP contribution < -0.4 is 38.4 Å². The molecule has 0 saturated carbocycles. The lowest BCUT2D eigenvalue weighted by Crippen LogP contribution is -3.09. The van der Waals surface area contributed by atoms with Crippen molar-refractivity contribution in [1.82, 2.24) is 4.90 Å². The number of fused-ring (bicyclic) bond motifs is 1. The zero-order valence-corrected chi connectivity index (χ0v) is 33.8. The van der Waals surface area contributed by atoms with E-state index < -0.39 is 23.9 Å². The Morgan fingerprint density at radius 3 is 1.66 bits per heavy atom. The van der Waals surface area contributed by atoms with E-state index in [-0.39, 0.29) is 18.7 Å². The molecule has 0 spiro atoms. The first-order chi connectivity index (χ1) is 28.0. The van der Waals surface area contributed by atoms with E-state index in [4.69, 9.17) is 57.7 Å². The van der Waals surface area contributed by atoms with Crippen molar-refractivity contribution >= 4 is 40.7 Å². The molecule has 318 valence electrons. The third kappa shape index (κ3) is 12.1. The summed E-state index contributed by atoms with van der Waals surface area (Å²) in [6, 6.07) is 21.0. The number of esters is 2. The van der Waals surface area contributed by atoms with Crippen molar-refractivity contribution in [2.24, 2.45) is 0 Å². The van der Waals surface area contributed by atoms with E-state index in [0.29, 0.717) is 65.0 Å². The Morgan fingerprint density at radius 1 is 0.712 bits per heavy atom. The number of hydrogen-bond acceptors (Lipinski definition) is 14. The molecule has 0 bridgehead atoms. The van der Waals surface area contributed by atoms with E-state index in [2.05, 4.69) is 41.3 Å². The Bertz CT molecular complexity index is 1940. The second-order valence-corrected chi connectivity index (χ2v) is 12.6. The van der Waals surface area contributed by atoms with Crippen LogP contribution in [-0.4, -0.2) is 121 Å². The van der Waals surface area contributed by atoms with Gasteiger partial charge in [0, 0.05) is 19.0 Å². The van der Waals surface area contributed by atoms with Crippen LogP contribution in [0.4, 0.5) is 0 Å². The predicted molar refractivity (Wildman–Crippen MR) is 212 cm³/mol. The number of hydrogen-bond donors (Lipinski definition) is 2. The van der Waals surface area contributed by atoms with Crippen molar-refractivity contribution in [3.05, 3.63) is 89.2 Å². The van der Waals surface area contributed by atoms with Crippen molar-refractivity contribution in [2.75, 3.05) is 82.1 Å². The number of carbonyl (C=O) groups is 4. The molecule has 1 aliphatic rings. The zero-order chi connectivity index (χ0) is 42.2. The Balaban J connectivity index is 0.00000123. The maximum absolute atomic E-state index is 13.0. The van der Waals surface area contributed by atoms with Gasteiger partial charge in [0.15, 0.2) is 29.0 Å². The molecule has 17 nitrogen and oxygen atoms in total. The monoisotopic (exact) mass is 822 g/mol. The number of carbonyl (C=O) groups excluding carboxylic acids is 3. The van der Waals surface area contributed by atoms with Crippen molar-refractivity contribution in [1.29, 1.82) is 0 Å². The first-order valence-electron chi connectivity index (χ1n) is 18.2. The lowest BCUT2D eigenvalue weighted by Gasteiger charge is -2.21. The predicted octanol–water partition coefficient (Wildman–Crippen LogP) is 1.88. The molecule has 0 aliphatic carbocycles. The van der Waals surface area contributed by atoms with Gasteiger partial charge in [-0.3, -0.25) is 4.90 Å². The van der Waals surface area contributed by atoms with Crippen LogP contribution in [0.5, 0.6) is 34.5 Å². The summed E-state index contributed by atoms with van der Waals surface area (Å²) in [6.07, 6.45) is 3.52. The zero-order valence-electron chi connectivity index (χ0n) is 33.8. The molecule has 1 fully saturated rings. The van der Waals surface area contributed by atoms with Crippen molar-refractivity contribution in [3.8, 4) is 34.5 Å². The van der Waals surface area contributed by atoms with Gasteiger partial charge in [0.1, 0.15) is 6.54 Å². The lowest BCUT2D eigenvalue weighted by atomic mass is 10.0. The van der Waals surface area contributed by atoms with Crippen LogP contribution in [0.1, 0.15) is 39.1 Å². The lowest BCUT2D eigenvalue weighted by molar-refractivity contribution is -0.852. The van der Waals surface area contributed by atoms with Crippen LogP contribution in [0.2, 0.25) is 0 Å². The van der Waals surface area contributed by atoms with Gasteiger partial charge in [-0.25, -0.2) is 14.4 Å². The summed E-state index contributed by atoms with van der Waals surface area (Å²) >= 11 is 0. The van der Waals surface area contributed by atoms with Crippen LogP contribution in [0.3, 0.4) is 0 Å². The number of methoxy groups -OCH3 is 6. The summed E-state index contributed by atoms with van der Waals surface area (Å²) in [4.78, 5) is 47.6. The largest absolute Gasteiger partial charge is 0.539 e. The van der Waals surface area contributed by atoms with Crippen LogP contribution in [0, 0.1) is 0 Å². The minimum atomic E-state index is -2.07. The second kappa shape index (κ2) is 22.9. The fraction of sp³-hybridized carbons (Fsp3) is 0.333. The fourth-order valence-corrected chi connectivity index (χ4v) is 6.38. The van der Waals surface area contributed by atoms with E-state index in [0.717, 1.165) is 31.0 Å². The molecule has 1 atom stereocenters. The third-order valence-electron chi connectivity index (χ3n) is 9.14. The van der Waals surface area contributed by atoms with Gasteiger partial charge in [-0.15, -0.1) is 0 Å².